The first-order chi connectivity index (χ1) is 13.1. The highest BCUT2D eigenvalue weighted by molar-refractivity contribution is 6.32. The molecule has 4 rings (SSSR count). The Morgan fingerprint density at radius 3 is 2.67 bits per heavy atom. The van der Waals surface area contributed by atoms with Crippen molar-refractivity contribution in [3.63, 3.8) is 0 Å². The van der Waals surface area contributed by atoms with E-state index in [0.29, 0.717) is 5.02 Å². The number of rotatable bonds is 3. The maximum Gasteiger partial charge on any atom is 0.224 e. The molecular formula is C19H18Cl2N6. The fourth-order valence-corrected chi connectivity index (χ4v) is 3.73. The van der Waals surface area contributed by atoms with Crippen LogP contribution in [-0.2, 0) is 0 Å². The second kappa shape index (κ2) is 7.66. The predicted molar refractivity (Wildman–Crippen MR) is 109 cm³/mol. The molecule has 0 spiro atoms. The summed E-state index contributed by atoms with van der Waals surface area (Å²) in [5.74, 6) is 1.63. The number of pyridine rings is 2. The molecule has 0 N–H and O–H groups in total. The summed E-state index contributed by atoms with van der Waals surface area (Å²) < 4.78 is 0. The van der Waals surface area contributed by atoms with E-state index in [4.69, 9.17) is 23.2 Å². The molecule has 0 radical (unpaired) electrons. The second-order valence-electron chi connectivity index (χ2n) is 6.42. The SMILES string of the molecule is C[C@@H]1CN(c2ncccc2Cl)CCN1c1cc(-c2cccnc2)nc(Cl)n1. The van der Waals surface area contributed by atoms with Gasteiger partial charge < -0.3 is 9.80 Å². The number of hydrogen-bond acceptors (Lipinski definition) is 6. The molecule has 0 amide bonds. The summed E-state index contributed by atoms with van der Waals surface area (Å²) in [7, 11) is 0. The van der Waals surface area contributed by atoms with Crippen LogP contribution >= 0.6 is 23.2 Å². The van der Waals surface area contributed by atoms with Gasteiger partial charge in [0.25, 0.3) is 0 Å². The molecule has 0 aromatic carbocycles. The van der Waals surface area contributed by atoms with Crippen LogP contribution < -0.4 is 9.80 Å². The van der Waals surface area contributed by atoms with E-state index in [0.717, 1.165) is 42.5 Å². The summed E-state index contributed by atoms with van der Waals surface area (Å²) in [5, 5.41) is 0.899. The fraction of sp³-hybridized carbons (Fsp3) is 0.263. The molecule has 3 aromatic heterocycles. The van der Waals surface area contributed by atoms with Gasteiger partial charge in [-0.15, -0.1) is 0 Å². The Bertz CT molecular complexity index is 936. The molecule has 8 heteroatoms. The van der Waals surface area contributed by atoms with Crippen LogP contribution in [0.4, 0.5) is 11.6 Å². The Hall–Kier alpha value is -2.44. The molecular weight excluding hydrogens is 383 g/mol. The smallest absolute Gasteiger partial charge is 0.224 e. The van der Waals surface area contributed by atoms with Crippen LogP contribution in [0.3, 0.4) is 0 Å². The van der Waals surface area contributed by atoms with Gasteiger partial charge in [0.15, 0.2) is 0 Å². The first-order valence-electron chi connectivity index (χ1n) is 8.69. The van der Waals surface area contributed by atoms with E-state index in [1.807, 2.05) is 30.3 Å². The van der Waals surface area contributed by atoms with E-state index < -0.39 is 0 Å². The number of aromatic nitrogens is 4. The van der Waals surface area contributed by atoms with Gasteiger partial charge in [0.1, 0.15) is 11.6 Å². The maximum absolute atomic E-state index is 6.31. The first-order valence-corrected chi connectivity index (χ1v) is 9.44. The van der Waals surface area contributed by atoms with Crippen LogP contribution in [0.2, 0.25) is 10.3 Å². The monoisotopic (exact) mass is 400 g/mol. The van der Waals surface area contributed by atoms with E-state index in [2.05, 4.69) is 36.7 Å². The van der Waals surface area contributed by atoms with Gasteiger partial charge in [-0.05, 0) is 42.8 Å². The molecule has 0 unspecified atom stereocenters. The molecule has 1 aliphatic rings. The lowest BCUT2D eigenvalue weighted by Crippen LogP contribution is -2.52. The van der Waals surface area contributed by atoms with E-state index >= 15 is 0 Å². The highest BCUT2D eigenvalue weighted by Crippen LogP contribution is 2.28. The number of nitrogens with zero attached hydrogens (tertiary/aromatic N) is 6. The molecule has 1 saturated heterocycles. The lowest BCUT2D eigenvalue weighted by atomic mass is 10.1. The zero-order valence-electron chi connectivity index (χ0n) is 14.8. The molecule has 0 aliphatic carbocycles. The average Bonchev–Trinajstić information content (AvgIpc) is 2.68. The quantitative estimate of drug-likeness (QED) is 0.620. The van der Waals surface area contributed by atoms with Crippen LogP contribution in [0.5, 0.6) is 0 Å². The Balaban J connectivity index is 1.58. The van der Waals surface area contributed by atoms with Gasteiger partial charge in [0.2, 0.25) is 5.28 Å². The standard InChI is InChI=1S/C19H18Cl2N6/c1-13-12-26(18-15(20)5-3-7-23-18)8-9-27(13)17-10-16(24-19(21)25-17)14-4-2-6-22-11-14/h2-7,10-11,13H,8-9,12H2,1H3/t13-/m1/s1. The Morgan fingerprint density at radius 1 is 1.07 bits per heavy atom. The normalized spacial score (nSPS) is 17.2. The lowest BCUT2D eigenvalue weighted by Gasteiger charge is -2.41. The van der Waals surface area contributed by atoms with Crippen molar-refractivity contribution in [2.75, 3.05) is 29.4 Å². The third-order valence-corrected chi connectivity index (χ3v) is 5.07. The minimum atomic E-state index is 0.213. The molecule has 27 heavy (non-hydrogen) atoms. The topological polar surface area (TPSA) is 58.0 Å². The molecule has 1 aliphatic heterocycles. The largest absolute Gasteiger partial charge is 0.352 e. The molecule has 0 bridgehead atoms. The van der Waals surface area contributed by atoms with Crippen molar-refractivity contribution in [2.24, 2.45) is 0 Å². The zero-order chi connectivity index (χ0) is 18.8. The summed E-state index contributed by atoms with van der Waals surface area (Å²) in [6.45, 7) is 4.53. The summed E-state index contributed by atoms with van der Waals surface area (Å²) in [4.78, 5) is 21.8. The predicted octanol–water partition coefficient (Wildman–Crippen LogP) is 3.96. The van der Waals surface area contributed by atoms with E-state index in [-0.39, 0.29) is 11.3 Å². The van der Waals surface area contributed by atoms with Gasteiger partial charge in [0.05, 0.1) is 10.7 Å². The van der Waals surface area contributed by atoms with Crippen LogP contribution in [0, 0.1) is 0 Å². The van der Waals surface area contributed by atoms with E-state index in [1.54, 1.807) is 18.6 Å². The van der Waals surface area contributed by atoms with Crippen LogP contribution in [0.1, 0.15) is 6.92 Å². The molecule has 6 nitrogen and oxygen atoms in total. The van der Waals surface area contributed by atoms with Gasteiger partial charge >= 0.3 is 0 Å². The fourth-order valence-electron chi connectivity index (χ4n) is 3.32. The Kier molecular flexibility index (Phi) is 5.09. The summed E-state index contributed by atoms with van der Waals surface area (Å²) >= 11 is 12.5. The third kappa shape index (κ3) is 3.82. The van der Waals surface area contributed by atoms with Crippen molar-refractivity contribution < 1.29 is 0 Å². The first kappa shape index (κ1) is 17.9. The number of anilines is 2. The molecule has 3 aromatic rings. The Labute approximate surface area is 167 Å². The summed E-state index contributed by atoms with van der Waals surface area (Å²) in [5.41, 5.74) is 1.68. The second-order valence-corrected chi connectivity index (χ2v) is 7.16. The Morgan fingerprint density at radius 2 is 1.93 bits per heavy atom. The van der Waals surface area contributed by atoms with Crippen molar-refractivity contribution in [1.82, 2.24) is 19.9 Å². The maximum atomic E-state index is 6.31. The van der Waals surface area contributed by atoms with Gasteiger partial charge in [-0.3, -0.25) is 4.98 Å². The zero-order valence-corrected chi connectivity index (χ0v) is 16.3. The van der Waals surface area contributed by atoms with E-state index in [1.165, 1.54) is 0 Å². The highest BCUT2D eigenvalue weighted by Gasteiger charge is 2.27. The van der Waals surface area contributed by atoms with Gasteiger partial charge in [-0.25, -0.2) is 15.0 Å². The minimum absolute atomic E-state index is 0.213. The molecule has 138 valence electrons. The molecule has 0 saturated carbocycles. The average molecular weight is 401 g/mol. The molecule has 4 heterocycles. The van der Waals surface area contributed by atoms with Crippen LogP contribution in [0.15, 0.2) is 48.9 Å². The summed E-state index contributed by atoms with van der Waals surface area (Å²) in [6.07, 6.45) is 5.27. The van der Waals surface area contributed by atoms with Gasteiger partial charge in [-0.1, -0.05) is 11.6 Å². The van der Waals surface area contributed by atoms with Crippen molar-refractivity contribution in [2.45, 2.75) is 13.0 Å². The van der Waals surface area contributed by atoms with Crippen molar-refractivity contribution in [3.8, 4) is 11.3 Å². The number of hydrogen-bond donors (Lipinski definition) is 0. The van der Waals surface area contributed by atoms with Crippen molar-refractivity contribution >= 4 is 34.8 Å². The number of piperazine rings is 1. The highest BCUT2D eigenvalue weighted by atomic mass is 35.5. The van der Waals surface area contributed by atoms with Gasteiger partial charge in [-0.2, -0.15) is 0 Å². The van der Waals surface area contributed by atoms with Crippen LogP contribution in [0.25, 0.3) is 11.3 Å². The third-order valence-electron chi connectivity index (χ3n) is 4.60. The minimum Gasteiger partial charge on any atom is -0.352 e. The summed E-state index contributed by atoms with van der Waals surface area (Å²) in [6, 6.07) is 9.72. The van der Waals surface area contributed by atoms with Gasteiger partial charge in [0, 0.05) is 55.9 Å². The number of halogens is 2. The lowest BCUT2D eigenvalue weighted by molar-refractivity contribution is 0.542. The van der Waals surface area contributed by atoms with Crippen molar-refractivity contribution in [3.05, 3.63) is 59.2 Å². The molecule has 1 atom stereocenters. The van der Waals surface area contributed by atoms with Crippen LogP contribution in [-0.4, -0.2) is 45.6 Å². The molecule has 1 fully saturated rings. The van der Waals surface area contributed by atoms with Crippen molar-refractivity contribution in [1.29, 1.82) is 0 Å². The van der Waals surface area contributed by atoms with E-state index in [9.17, 15) is 0 Å².